The molecule has 1 atom stereocenters. The highest BCUT2D eigenvalue weighted by Crippen LogP contribution is 2.25. The van der Waals surface area contributed by atoms with Gasteiger partial charge in [-0.25, -0.2) is 8.78 Å². The fourth-order valence-corrected chi connectivity index (χ4v) is 3.05. The van der Waals surface area contributed by atoms with E-state index in [4.69, 9.17) is 9.47 Å². The molecule has 2 heterocycles. The quantitative estimate of drug-likeness (QED) is 0.784. The van der Waals surface area contributed by atoms with Crippen molar-refractivity contribution < 1.29 is 23.0 Å². The number of hydrogen-bond acceptors (Lipinski definition) is 4. The van der Waals surface area contributed by atoms with Crippen LogP contribution in [0.5, 0.6) is 0 Å². The van der Waals surface area contributed by atoms with Gasteiger partial charge in [-0.1, -0.05) is 0 Å². The molecule has 126 valence electrons. The molecular weight excluding hydrogens is 306 g/mol. The van der Waals surface area contributed by atoms with Gasteiger partial charge in [-0.3, -0.25) is 4.79 Å². The molecule has 0 aliphatic carbocycles. The lowest BCUT2D eigenvalue weighted by Crippen LogP contribution is -2.58. The maximum atomic E-state index is 13.4. The van der Waals surface area contributed by atoms with Gasteiger partial charge in [0, 0.05) is 18.7 Å². The van der Waals surface area contributed by atoms with Crippen molar-refractivity contribution in [1.82, 2.24) is 9.80 Å². The molecule has 1 amide bonds. The highest BCUT2D eigenvalue weighted by atomic mass is 19.2. The molecule has 0 aromatic heterocycles. The summed E-state index contributed by atoms with van der Waals surface area (Å²) in [7, 11) is 1.98. The van der Waals surface area contributed by atoms with Crippen molar-refractivity contribution in [3.63, 3.8) is 0 Å². The van der Waals surface area contributed by atoms with Crippen LogP contribution in [-0.4, -0.2) is 67.9 Å². The van der Waals surface area contributed by atoms with Gasteiger partial charge in [0.2, 0.25) is 0 Å². The largest absolute Gasteiger partial charge is 0.347 e. The smallest absolute Gasteiger partial charge is 0.254 e. The Balaban J connectivity index is 1.77. The summed E-state index contributed by atoms with van der Waals surface area (Å²) in [6, 6.07) is 3.19. The number of benzene rings is 1. The van der Waals surface area contributed by atoms with Crippen molar-refractivity contribution in [2.24, 2.45) is 0 Å². The third kappa shape index (κ3) is 3.52. The fourth-order valence-electron chi connectivity index (χ4n) is 3.05. The molecule has 1 aromatic rings. The lowest BCUT2D eigenvalue weighted by molar-refractivity contribution is -0.260. The van der Waals surface area contributed by atoms with Crippen LogP contribution in [0.4, 0.5) is 8.78 Å². The minimum absolute atomic E-state index is 0.128. The first-order valence-electron chi connectivity index (χ1n) is 7.70. The van der Waals surface area contributed by atoms with Crippen molar-refractivity contribution in [3.8, 4) is 0 Å². The molecule has 0 saturated carbocycles. The molecule has 0 radical (unpaired) electrons. The van der Waals surface area contributed by atoms with Crippen LogP contribution in [-0.2, 0) is 9.47 Å². The zero-order valence-electron chi connectivity index (χ0n) is 13.1. The van der Waals surface area contributed by atoms with Crippen LogP contribution in [0, 0.1) is 11.6 Å². The number of carbonyl (C=O) groups is 1. The maximum Gasteiger partial charge on any atom is 0.254 e. The Morgan fingerprint density at radius 1 is 1.13 bits per heavy atom. The van der Waals surface area contributed by atoms with E-state index in [0.717, 1.165) is 25.1 Å². The number of ether oxygens (including phenoxy) is 2. The first-order chi connectivity index (χ1) is 11.0. The molecule has 5 nitrogen and oxygen atoms in total. The maximum absolute atomic E-state index is 13.4. The van der Waals surface area contributed by atoms with Crippen LogP contribution in [0.25, 0.3) is 0 Å². The third-order valence-electron chi connectivity index (χ3n) is 4.17. The van der Waals surface area contributed by atoms with E-state index in [2.05, 4.69) is 4.90 Å². The van der Waals surface area contributed by atoms with Crippen molar-refractivity contribution >= 4 is 5.91 Å². The second-order valence-electron chi connectivity index (χ2n) is 6.05. The van der Waals surface area contributed by atoms with Crippen LogP contribution in [0.1, 0.15) is 16.8 Å². The van der Waals surface area contributed by atoms with E-state index < -0.39 is 17.4 Å². The summed E-state index contributed by atoms with van der Waals surface area (Å²) in [6.07, 6.45) is 0.902. The number of carbonyl (C=O) groups excluding carboxylic acids is 1. The van der Waals surface area contributed by atoms with Crippen molar-refractivity contribution in [2.75, 3.05) is 46.4 Å². The number of halogens is 2. The van der Waals surface area contributed by atoms with E-state index in [1.165, 1.54) is 6.07 Å². The second-order valence-corrected chi connectivity index (χ2v) is 6.05. The summed E-state index contributed by atoms with van der Waals surface area (Å²) < 4.78 is 38.1. The average molecular weight is 326 g/mol. The van der Waals surface area contributed by atoms with Crippen LogP contribution in [0.3, 0.4) is 0 Å². The molecule has 2 aliphatic heterocycles. The summed E-state index contributed by atoms with van der Waals surface area (Å²) in [4.78, 5) is 16.3. The molecule has 2 fully saturated rings. The summed E-state index contributed by atoms with van der Waals surface area (Å²) in [5, 5.41) is 0. The zero-order valence-corrected chi connectivity index (χ0v) is 13.1. The van der Waals surface area contributed by atoms with Gasteiger partial charge in [0.25, 0.3) is 5.91 Å². The van der Waals surface area contributed by atoms with Gasteiger partial charge in [0.1, 0.15) is 0 Å². The molecular formula is C16H20F2N2O3. The van der Waals surface area contributed by atoms with E-state index in [9.17, 15) is 13.6 Å². The first-order valence-corrected chi connectivity index (χ1v) is 7.70. The van der Waals surface area contributed by atoms with Crippen LogP contribution in [0.15, 0.2) is 18.2 Å². The Bertz CT molecular complexity index is 599. The van der Waals surface area contributed by atoms with Crippen LogP contribution in [0.2, 0.25) is 0 Å². The standard InChI is InChI=1S/C16H20F2N2O3/c1-19-5-2-7-22-16(10-19)11-20(6-8-23-16)15(21)12-3-4-13(17)14(18)9-12/h3-4,9H,2,5-8,10-11H2,1H3. The summed E-state index contributed by atoms with van der Waals surface area (Å²) in [6.45, 7) is 3.05. The minimum atomic E-state index is -1.02. The molecule has 0 bridgehead atoms. The Morgan fingerprint density at radius 2 is 1.91 bits per heavy atom. The van der Waals surface area contributed by atoms with Crippen molar-refractivity contribution in [1.29, 1.82) is 0 Å². The minimum Gasteiger partial charge on any atom is -0.347 e. The number of morpholine rings is 1. The normalized spacial score (nSPS) is 26.3. The topological polar surface area (TPSA) is 42.0 Å². The zero-order chi connectivity index (χ0) is 16.4. The lowest BCUT2D eigenvalue weighted by atomic mass is 10.1. The fraction of sp³-hybridized carbons (Fsp3) is 0.562. The van der Waals surface area contributed by atoms with E-state index in [1.807, 2.05) is 7.05 Å². The summed E-state index contributed by atoms with van der Waals surface area (Å²) >= 11 is 0. The molecule has 7 heteroatoms. The van der Waals surface area contributed by atoms with Gasteiger partial charge in [-0.15, -0.1) is 0 Å². The second kappa shape index (κ2) is 6.51. The third-order valence-corrected chi connectivity index (χ3v) is 4.17. The molecule has 2 saturated heterocycles. The Kier molecular flexibility index (Phi) is 4.61. The van der Waals surface area contributed by atoms with Gasteiger partial charge >= 0.3 is 0 Å². The SMILES string of the molecule is CN1CCCOC2(C1)CN(C(=O)c1ccc(F)c(F)c1)CCO2. The molecule has 1 aromatic carbocycles. The monoisotopic (exact) mass is 326 g/mol. The van der Waals surface area contributed by atoms with Gasteiger partial charge < -0.3 is 19.3 Å². The van der Waals surface area contributed by atoms with E-state index >= 15 is 0 Å². The van der Waals surface area contributed by atoms with Crippen LogP contribution >= 0.6 is 0 Å². The summed E-state index contributed by atoms with van der Waals surface area (Å²) in [5.74, 6) is -3.18. The predicted octanol–water partition coefficient (Wildman–Crippen LogP) is 1.49. The number of nitrogens with zero attached hydrogens (tertiary/aromatic N) is 2. The Labute approximate surface area is 133 Å². The highest BCUT2D eigenvalue weighted by Gasteiger charge is 2.41. The van der Waals surface area contributed by atoms with E-state index in [0.29, 0.717) is 26.3 Å². The molecule has 0 N–H and O–H groups in total. The van der Waals surface area contributed by atoms with Gasteiger partial charge in [-0.05, 0) is 31.7 Å². The van der Waals surface area contributed by atoms with Crippen LogP contribution < -0.4 is 0 Å². The van der Waals surface area contributed by atoms with E-state index in [-0.39, 0.29) is 18.0 Å². The molecule has 3 rings (SSSR count). The molecule has 23 heavy (non-hydrogen) atoms. The molecule has 1 unspecified atom stereocenters. The average Bonchev–Trinajstić information content (AvgIpc) is 2.70. The van der Waals surface area contributed by atoms with Crippen molar-refractivity contribution in [2.45, 2.75) is 12.2 Å². The Hall–Kier alpha value is -1.57. The first kappa shape index (κ1) is 16.3. The van der Waals surface area contributed by atoms with Gasteiger partial charge in [0.15, 0.2) is 17.4 Å². The molecule has 2 aliphatic rings. The van der Waals surface area contributed by atoms with Crippen molar-refractivity contribution in [3.05, 3.63) is 35.4 Å². The lowest BCUT2D eigenvalue weighted by Gasteiger charge is -2.42. The predicted molar refractivity (Wildman–Crippen MR) is 79.0 cm³/mol. The highest BCUT2D eigenvalue weighted by molar-refractivity contribution is 5.94. The van der Waals surface area contributed by atoms with Gasteiger partial charge in [-0.2, -0.15) is 0 Å². The van der Waals surface area contributed by atoms with Gasteiger partial charge in [0.05, 0.1) is 26.3 Å². The summed E-state index contributed by atoms with van der Waals surface area (Å²) in [5.41, 5.74) is 0.128. The number of hydrogen-bond donors (Lipinski definition) is 0. The Morgan fingerprint density at radius 3 is 2.70 bits per heavy atom. The number of amides is 1. The van der Waals surface area contributed by atoms with E-state index in [1.54, 1.807) is 4.90 Å². The molecule has 1 spiro atoms. The number of rotatable bonds is 1. The number of likely N-dealkylation sites (N-methyl/N-ethyl adjacent to an activating group) is 1.